The van der Waals surface area contributed by atoms with E-state index in [0.717, 1.165) is 25.6 Å². The average Bonchev–Trinajstić information content (AvgIpc) is 3.14. The smallest absolute Gasteiger partial charge is 0.165 e. The van der Waals surface area contributed by atoms with Crippen LogP contribution in [0.15, 0.2) is 24.3 Å². The van der Waals surface area contributed by atoms with Gasteiger partial charge in [0.1, 0.15) is 6.61 Å². The van der Waals surface area contributed by atoms with Gasteiger partial charge in [0.25, 0.3) is 0 Å². The minimum atomic E-state index is -0.274. The number of hydrogen-bond acceptors (Lipinski definition) is 3. The maximum Gasteiger partial charge on any atom is 0.165 e. The molecule has 0 aromatic heterocycles. The van der Waals surface area contributed by atoms with Gasteiger partial charge in [0.05, 0.1) is 0 Å². The molecule has 0 amide bonds. The molecule has 2 fully saturated rings. The molecule has 116 valence electrons. The van der Waals surface area contributed by atoms with Gasteiger partial charge in [-0.1, -0.05) is 12.1 Å². The lowest BCUT2D eigenvalue weighted by Gasteiger charge is -2.25. The Hall–Kier alpha value is -1.13. The molecule has 1 aliphatic heterocycles. The molecule has 3 rings (SSSR count). The molecule has 1 N–H and O–H groups in total. The normalized spacial score (nSPS) is 21.9. The van der Waals surface area contributed by atoms with Gasteiger partial charge in [-0.25, -0.2) is 4.39 Å². The third kappa shape index (κ3) is 4.68. The van der Waals surface area contributed by atoms with Gasteiger partial charge in [-0.05, 0) is 50.3 Å². The van der Waals surface area contributed by atoms with Crippen LogP contribution in [0.3, 0.4) is 0 Å². The summed E-state index contributed by atoms with van der Waals surface area (Å²) in [5.41, 5.74) is 0. The van der Waals surface area contributed by atoms with E-state index >= 15 is 0 Å². The topological polar surface area (TPSA) is 24.5 Å². The fourth-order valence-corrected chi connectivity index (χ4v) is 2.99. The lowest BCUT2D eigenvalue weighted by molar-refractivity contribution is 0.187. The van der Waals surface area contributed by atoms with Gasteiger partial charge in [-0.3, -0.25) is 4.90 Å². The Morgan fingerprint density at radius 3 is 2.76 bits per heavy atom. The predicted molar refractivity (Wildman–Crippen MR) is 82.1 cm³/mol. The van der Waals surface area contributed by atoms with Crippen molar-refractivity contribution >= 4 is 0 Å². The van der Waals surface area contributed by atoms with E-state index in [4.69, 9.17) is 4.74 Å². The fourth-order valence-electron chi connectivity index (χ4n) is 2.99. The summed E-state index contributed by atoms with van der Waals surface area (Å²) in [4.78, 5) is 2.49. The molecule has 1 aromatic rings. The molecule has 1 atom stereocenters. The monoisotopic (exact) mass is 292 g/mol. The molecule has 0 bridgehead atoms. The van der Waals surface area contributed by atoms with Crippen molar-refractivity contribution in [2.24, 2.45) is 5.92 Å². The van der Waals surface area contributed by atoms with Crippen LogP contribution in [0.1, 0.15) is 25.7 Å². The Labute approximate surface area is 126 Å². The molecule has 1 saturated heterocycles. The van der Waals surface area contributed by atoms with Crippen molar-refractivity contribution in [3.8, 4) is 5.75 Å². The van der Waals surface area contributed by atoms with Crippen LogP contribution in [0, 0.1) is 11.7 Å². The highest BCUT2D eigenvalue weighted by Gasteiger charge is 2.26. The van der Waals surface area contributed by atoms with Crippen LogP contribution in [-0.4, -0.2) is 43.7 Å². The van der Waals surface area contributed by atoms with Gasteiger partial charge in [0, 0.05) is 25.7 Å². The van der Waals surface area contributed by atoms with Crippen molar-refractivity contribution in [1.82, 2.24) is 10.2 Å². The quantitative estimate of drug-likeness (QED) is 0.797. The highest BCUT2D eigenvalue weighted by Crippen LogP contribution is 2.30. The number of rotatable bonds is 8. The first-order chi connectivity index (χ1) is 10.3. The van der Waals surface area contributed by atoms with Crippen LogP contribution in [0.2, 0.25) is 0 Å². The van der Waals surface area contributed by atoms with Crippen molar-refractivity contribution in [2.75, 3.05) is 32.8 Å². The van der Waals surface area contributed by atoms with Crippen LogP contribution >= 0.6 is 0 Å². The number of ether oxygens (including phenoxy) is 1. The first-order valence-corrected chi connectivity index (χ1v) is 8.14. The molecule has 3 nitrogen and oxygen atoms in total. The lowest BCUT2D eigenvalue weighted by atomic mass is 10.2. The molecule has 1 aliphatic carbocycles. The van der Waals surface area contributed by atoms with E-state index in [1.54, 1.807) is 12.1 Å². The molecular weight excluding hydrogens is 267 g/mol. The van der Waals surface area contributed by atoms with Crippen LogP contribution < -0.4 is 10.1 Å². The molecule has 0 spiro atoms. The molecule has 21 heavy (non-hydrogen) atoms. The molecule has 0 radical (unpaired) electrons. The van der Waals surface area contributed by atoms with Gasteiger partial charge in [0.2, 0.25) is 0 Å². The van der Waals surface area contributed by atoms with E-state index in [1.165, 1.54) is 38.3 Å². The summed E-state index contributed by atoms with van der Waals surface area (Å²) in [7, 11) is 0. The van der Waals surface area contributed by atoms with E-state index in [2.05, 4.69) is 10.2 Å². The minimum Gasteiger partial charge on any atom is -0.489 e. The minimum absolute atomic E-state index is 0.274. The zero-order valence-electron chi connectivity index (χ0n) is 12.6. The number of halogens is 1. The maximum atomic E-state index is 13.5. The average molecular weight is 292 g/mol. The van der Waals surface area contributed by atoms with E-state index in [9.17, 15) is 4.39 Å². The highest BCUT2D eigenvalue weighted by atomic mass is 19.1. The zero-order valence-corrected chi connectivity index (χ0v) is 12.6. The Balaban J connectivity index is 1.45. The van der Waals surface area contributed by atoms with Gasteiger partial charge < -0.3 is 10.1 Å². The van der Waals surface area contributed by atoms with Crippen molar-refractivity contribution < 1.29 is 9.13 Å². The second-order valence-electron chi connectivity index (χ2n) is 6.28. The van der Waals surface area contributed by atoms with E-state index in [0.29, 0.717) is 18.4 Å². The van der Waals surface area contributed by atoms with Crippen molar-refractivity contribution in [2.45, 2.75) is 31.7 Å². The van der Waals surface area contributed by atoms with Crippen molar-refractivity contribution in [3.05, 3.63) is 30.1 Å². The highest BCUT2D eigenvalue weighted by molar-refractivity contribution is 5.23. The largest absolute Gasteiger partial charge is 0.489 e. The van der Waals surface area contributed by atoms with E-state index in [1.807, 2.05) is 6.07 Å². The summed E-state index contributed by atoms with van der Waals surface area (Å²) in [6, 6.07) is 7.26. The third-order valence-corrected chi connectivity index (χ3v) is 4.36. The summed E-state index contributed by atoms with van der Waals surface area (Å²) in [5, 5.41) is 3.56. The molecule has 1 heterocycles. The fraction of sp³-hybridized carbons (Fsp3) is 0.647. The lowest BCUT2D eigenvalue weighted by Crippen LogP contribution is -2.40. The predicted octanol–water partition coefficient (Wildman–Crippen LogP) is 2.67. The first kappa shape index (κ1) is 14.8. The Bertz CT molecular complexity index is 444. The SMILES string of the molecule is Fc1ccccc1OCCN(CC1CC1)CC1CCCN1. The molecule has 4 heteroatoms. The van der Waals surface area contributed by atoms with E-state index in [-0.39, 0.29) is 5.82 Å². The van der Waals surface area contributed by atoms with Crippen LogP contribution in [0.4, 0.5) is 4.39 Å². The Morgan fingerprint density at radius 2 is 2.05 bits per heavy atom. The van der Waals surface area contributed by atoms with Gasteiger partial charge >= 0.3 is 0 Å². The Kier molecular flexibility index (Phi) is 5.09. The molecule has 2 aliphatic rings. The van der Waals surface area contributed by atoms with Crippen LogP contribution in [0.25, 0.3) is 0 Å². The van der Waals surface area contributed by atoms with Gasteiger partial charge in [-0.2, -0.15) is 0 Å². The summed E-state index contributed by atoms with van der Waals surface area (Å²) < 4.78 is 19.1. The number of nitrogens with zero attached hydrogens (tertiary/aromatic N) is 1. The third-order valence-electron chi connectivity index (χ3n) is 4.36. The Morgan fingerprint density at radius 1 is 1.19 bits per heavy atom. The van der Waals surface area contributed by atoms with Crippen molar-refractivity contribution in [3.63, 3.8) is 0 Å². The standard InChI is InChI=1S/C17H25FN2O/c18-16-5-1-2-6-17(16)21-11-10-20(12-14-7-8-14)13-15-4-3-9-19-15/h1-2,5-6,14-15,19H,3-4,7-13H2. The summed E-state index contributed by atoms with van der Waals surface area (Å²) >= 11 is 0. The summed E-state index contributed by atoms with van der Waals surface area (Å²) in [6.07, 6.45) is 5.29. The molecular formula is C17H25FN2O. The van der Waals surface area contributed by atoms with E-state index < -0.39 is 0 Å². The maximum absolute atomic E-state index is 13.5. The first-order valence-electron chi connectivity index (χ1n) is 8.14. The van der Waals surface area contributed by atoms with Gasteiger partial charge in [-0.15, -0.1) is 0 Å². The summed E-state index contributed by atoms with van der Waals surface area (Å²) in [5.74, 6) is 0.964. The molecule has 1 saturated carbocycles. The number of benzene rings is 1. The number of nitrogens with one attached hydrogen (secondary N) is 1. The molecule has 1 aromatic carbocycles. The second kappa shape index (κ2) is 7.23. The zero-order chi connectivity index (χ0) is 14.5. The number of para-hydroxylation sites is 1. The van der Waals surface area contributed by atoms with Crippen LogP contribution in [0.5, 0.6) is 5.75 Å². The van der Waals surface area contributed by atoms with Crippen LogP contribution in [-0.2, 0) is 0 Å². The second-order valence-corrected chi connectivity index (χ2v) is 6.28. The summed E-state index contributed by atoms with van der Waals surface area (Å²) in [6.45, 7) is 4.84. The molecule has 1 unspecified atom stereocenters. The van der Waals surface area contributed by atoms with Gasteiger partial charge in [0.15, 0.2) is 11.6 Å². The number of hydrogen-bond donors (Lipinski definition) is 1. The van der Waals surface area contributed by atoms with Crippen molar-refractivity contribution in [1.29, 1.82) is 0 Å².